The standard InChI is InChI=1S/C76H139NO18/c1-3-5-7-9-11-13-15-17-19-21-23-25-26-27-28-29-30-31-32-34-35-37-39-41-43-45-47-49-51-53-60(81)59(77-64(82)54-52-50-48-46-44-42-40-38-36-33-24-22-20-18-16-14-12-10-8-6-4-2)58-90-74-70(88)67(85)72(62(56-79)92-74)95-76-71(89)68(86)73(63(57-80)93-76)94-75-69(87)66(84)65(83)61(55-78)91-75/h6,8,12,14,18,20,24,33,59-63,65-76,78-81,83-89H,3-5,7,9-11,13,15-17,19,21-23,25-32,34-58H2,1-2H3,(H,77,82)/b8-6-,14-12-,20-18-,33-24-. The molecule has 0 aromatic rings. The molecule has 3 saturated heterocycles. The summed E-state index contributed by atoms with van der Waals surface area (Å²) >= 11 is 0. The number of rotatable bonds is 60. The van der Waals surface area contributed by atoms with E-state index in [2.05, 4.69) is 67.8 Å². The van der Waals surface area contributed by atoms with E-state index in [1.54, 1.807) is 0 Å². The van der Waals surface area contributed by atoms with Gasteiger partial charge < -0.3 is 89.9 Å². The molecule has 3 rings (SSSR count). The van der Waals surface area contributed by atoms with Crippen molar-refractivity contribution in [3.8, 4) is 0 Å². The van der Waals surface area contributed by atoms with Crippen molar-refractivity contribution in [2.24, 2.45) is 0 Å². The van der Waals surface area contributed by atoms with Crippen LogP contribution in [-0.4, -0.2) is 193 Å². The Labute approximate surface area is 573 Å². The predicted octanol–water partition coefficient (Wildman–Crippen LogP) is 11.7. The van der Waals surface area contributed by atoms with Gasteiger partial charge in [0.2, 0.25) is 5.91 Å². The molecule has 3 heterocycles. The zero-order valence-corrected chi connectivity index (χ0v) is 59.2. The second-order valence-corrected chi connectivity index (χ2v) is 27.4. The summed E-state index contributed by atoms with van der Waals surface area (Å²) in [5, 5.41) is 121. The largest absolute Gasteiger partial charge is 0.394 e. The van der Waals surface area contributed by atoms with Crippen LogP contribution in [0.2, 0.25) is 0 Å². The summed E-state index contributed by atoms with van der Waals surface area (Å²) in [6, 6.07) is -0.895. The van der Waals surface area contributed by atoms with Crippen molar-refractivity contribution in [3.05, 3.63) is 48.6 Å². The summed E-state index contributed by atoms with van der Waals surface area (Å²) < 4.78 is 34.5. The van der Waals surface area contributed by atoms with Crippen molar-refractivity contribution >= 4 is 5.91 Å². The first-order chi connectivity index (χ1) is 46.3. The molecule has 95 heavy (non-hydrogen) atoms. The van der Waals surface area contributed by atoms with Crippen LogP contribution in [-0.2, 0) is 33.2 Å². The zero-order chi connectivity index (χ0) is 68.9. The molecule has 0 aromatic heterocycles. The smallest absolute Gasteiger partial charge is 0.220 e. The van der Waals surface area contributed by atoms with Gasteiger partial charge in [-0.1, -0.05) is 287 Å². The summed E-state index contributed by atoms with van der Waals surface area (Å²) in [7, 11) is 0. The summed E-state index contributed by atoms with van der Waals surface area (Å²) in [6.07, 6.45) is 43.4. The average Bonchev–Trinajstić information content (AvgIpc) is 0.787. The SMILES string of the molecule is CC/C=C\C/C=C\C/C=C\C/C=C\CCCCCCCCCCC(=O)NC(COC1OC(CO)C(OC2OC(CO)C(OC3OC(CO)C(O)C(O)C3O)C(O)C2O)C(O)C1O)C(O)CCCCCCCCCCCCCCCCCCCCCCCCCCCCCCC. The lowest BCUT2D eigenvalue weighted by Crippen LogP contribution is -2.66. The average molecular weight is 1350 g/mol. The quantitative estimate of drug-likeness (QED) is 0.0199. The molecule has 0 saturated carbocycles. The van der Waals surface area contributed by atoms with Crippen LogP contribution in [0.25, 0.3) is 0 Å². The molecule has 0 bridgehead atoms. The van der Waals surface area contributed by atoms with Crippen LogP contribution in [0.4, 0.5) is 0 Å². The van der Waals surface area contributed by atoms with Crippen LogP contribution in [0.3, 0.4) is 0 Å². The topological polar surface area (TPSA) is 307 Å². The van der Waals surface area contributed by atoms with Crippen molar-refractivity contribution in [1.29, 1.82) is 0 Å². The number of aliphatic hydroxyl groups excluding tert-OH is 11. The van der Waals surface area contributed by atoms with E-state index in [0.717, 1.165) is 83.5 Å². The van der Waals surface area contributed by atoms with Crippen molar-refractivity contribution in [2.75, 3.05) is 26.4 Å². The molecule has 3 fully saturated rings. The van der Waals surface area contributed by atoms with E-state index in [1.807, 2.05) is 0 Å². The van der Waals surface area contributed by atoms with Gasteiger partial charge in [0.05, 0.1) is 38.6 Å². The third-order valence-corrected chi connectivity index (χ3v) is 19.2. The van der Waals surface area contributed by atoms with Crippen molar-refractivity contribution < 1.29 is 89.4 Å². The summed E-state index contributed by atoms with van der Waals surface area (Å²) in [6.45, 7) is 1.72. The van der Waals surface area contributed by atoms with Crippen LogP contribution >= 0.6 is 0 Å². The lowest BCUT2D eigenvalue weighted by Gasteiger charge is -2.48. The van der Waals surface area contributed by atoms with Gasteiger partial charge in [-0.25, -0.2) is 0 Å². The number of carbonyl (C=O) groups is 1. The Bertz CT molecular complexity index is 1910. The highest BCUT2D eigenvalue weighted by atomic mass is 16.8. The van der Waals surface area contributed by atoms with E-state index in [4.69, 9.17) is 28.4 Å². The minimum Gasteiger partial charge on any atom is -0.394 e. The molecule has 1 amide bonds. The van der Waals surface area contributed by atoms with Crippen LogP contribution in [0.15, 0.2) is 48.6 Å². The minimum absolute atomic E-state index is 0.249. The minimum atomic E-state index is -1.98. The molecule has 17 atom stereocenters. The second-order valence-electron chi connectivity index (χ2n) is 27.4. The van der Waals surface area contributed by atoms with E-state index in [9.17, 15) is 61.0 Å². The van der Waals surface area contributed by atoms with Crippen LogP contribution in [0.1, 0.15) is 296 Å². The molecular formula is C76H139NO18. The number of ether oxygens (including phenoxy) is 6. The van der Waals surface area contributed by atoms with Gasteiger partial charge in [-0.2, -0.15) is 0 Å². The highest BCUT2D eigenvalue weighted by molar-refractivity contribution is 5.76. The maximum Gasteiger partial charge on any atom is 0.220 e. The first-order valence-electron chi connectivity index (χ1n) is 38.4. The van der Waals surface area contributed by atoms with Crippen molar-refractivity contribution in [3.63, 3.8) is 0 Å². The molecule has 19 nitrogen and oxygen atoms in total. The molecule has 12 N–H and O–H groups in total. The van der Waals surface area contributed by atoms with Gasteiger partial charge in [0.15, 0.2) is 18.9 Å². The highest BCUT2D eigenvalue weighted by Crippen LogP contribution is 2.33. The van der Waals surface area contributed by atoms with E-state index in [-0.39, 0.29) is 18.9 Å². The number of allylic oxidation sites excluding steroid dienone is 8. The molecule has 0 radical (unpaired) electrons. The Morgan fingerprint density at radius 2 is 0.726 bits per heavy atom. The first kappa shape index (κ1) is 87.0. The Kier molecular flexibility index (Phi) is 52.5. The molecular weight excluding hydrogens is 1210 g/mol. The van der Waals surface area contributed by atoms with Gasteiger partial charge >= 0.3 is 0 Å². The van der Waals surface area contributed by atoms with E-state index in [1.165, 1.54) is 180 Å². The maximum atomic E-state index is 13.5. The second kappa shape index (κ2) is 57.4. The van der Waals surface area contributed by atoms with Crippen LogP contribution in [0.5, 0.6) is 0 Å². The van der Waals surface area contributed by atoms with Gasteiger partial charge in [0.25, 0.3) is 0 Å². The van der Waals surface area contributed by atoms with Crippen molar-refractivity contribution in [2.45, 2.75) is 401 Å². The monoisotopic (exact) mass is 1350 g/mol. The highest BCUT2D eigenvalue weighted by Gasteiger charge is 2.53. The first-order valence-corrected chi connectivity index (χ1v) is 38.4. The number of nitrogens with one attached hydrogen (secondary N) is 1. The molecule has 3 aliphatic heterocycles. The maximum absolute atomic E-state index is 13.5. The summed E-state index contributed by atoms with van der Waals surface area (Å²) in [4.78, 5) is 13.5. The third-order valence-electron chi connectivity index (χ3n) is 19.2. The Balaban J connectivity index is 1.39. The van der Waals surface area contributed by atoms with Crippen LogP contribution < -0.4 is 5.32 Å². The fourth-order valence-corrected chi connectivity index (χ4v) is 13.0. The Morgan fingerprint density at radius 1 is 0.389 bits per heavy atom. The fraction of sp³-hybridized carbons (Fsp3) is 0.882. The number of aliphatic hydroxyl groups is 11. The molecule has 0 aliphatic carbocycles. The van der Waals surface area contributed by atoms with Crippen molar-refractivity contribution in [1.82, 2.24) is 5.32 Å². The molecule has 0 spiro atoms. The van der Waals surface area contributed by atoms with E-state index in [0.29, 0.717) is 12.8 Å². The van der Waals surface area contributed by atoms with Gasteiger partial charge in [0, 0.05) is 6.42 Å². The van der Waals surface area contributed by atoms with Gasteiger partial charge in [-0.05, 0) is 51.4 Å². The fourth-order valence-electron chi connectivity index (χ4n) is 13.0. The Hall–Kier alpha value is -2.25. The number of carbonyl (C=O) groups excluding carboxylic acids is 1. The number of amides is 1. The van der Waals surface area contributed by atoms with Gasteiger partial charge in [-0.15, -0.1) is 0 Å². The predicted molar refractivity (Wildman–Crippen MR) is 374 cm³/mol. The molecule has 17 unspecified atom stereocenters. The lowest BCUT2D eigenvalue weighted by molar-refractivity contribution is -0.379. The zero-order valence-electron chi connectivity index (χ0n) is 59.2. The Morgan fingerprint density at radius 3 is 1.14 bits per heavy atom. The lowest BCUT2D eigenvalue weighted by atomic mass is 9.96. The third kappa shape index (κ3) is 38.4. The number of unbranched alkanes of at least 4 members (excludes halogenated alkanes) is 36. The summed E-state index contributed by atoms with van der Waals surface area (Å²) in [5.41, 5.74) is 0. The van der Waals surface area contributed by atoms with Gasteiger partial charge in [0.1, 0.15) is 73.2 Å². The summed E-state index contributed by atoms with van der Waals surface area (Å²) in [5.74, 6) is -0.249. The number of hydrogen-bond acceptors (Lipinski definition) is 18. The van der Waals surface area contributed by atoms with E-state index < -0.39 is 124 Å². The van der Waals surface area contributed by atoms with E-state index >= 15 is 0 Å². The molecule has 19 heteroatoms. The number of hydrogen-bond donors (Lipinski definition) is 12. The van der Waals surface area contributed by atoms with Gasteiger partial charge in [-0.3, -0.25) is 4.79 Å². The molecule has 3 aliphatic rings. The molecule has 0 aromatic carbocycles. The normalized spacial score (nSPS) is 27.4. The van der Waals surface area contributed by atoms with Crippen LogP contribution in [0, 0.1) is 0 Å². The molecule has 556 valence electrons.